The second kappa shape index (κ2) is 4.89. The maximum absolute atomic E-state index is 5.51. The Labute approximate surface area is 112 Å². The van der Waals surface area contributed by atoms with Crippen LogP contribution >= 0.6 is 15.9 Å². The molecule has 3 heteroatoms. The molecule has 2 rings (SSSR count). The molecule has 1 unspecified atom stereocenters. The highest BCUT2D eigenvalue weighted by Gasteiger charge is 2.28. The van der Waals surface area contributed by atoms with Gasteiger partial charge < -0.3 is 9.73 Å². The Balaban J connectivity index is 2.02. The summed E-state index contributed by atoms with van der Waals surface area (Å²) in [6.45, 7) is 6.80. The molecule has 0 saturated carbocycles. The summed E-state index contributed by atoms with van der Waals surface area (Å²) < 4.78 is 6.29. The Morgan fingerprint density at radius 2 is 2.18 bits per heavy atom. The molecule has 0 fully saturated rings. The lowest BCUT2D eigenvalue weighted by Gasteiger charge is -2.34. The van der Waals surface area contributed by atoms with Gasteiger partial charge in [-0.05, 0) is 54.1 Å². The van der Waals surface area contributed by atoms with Crippen LogP contribution in [0, 0.1) is 5.92 Å². The van der Waals surface area contributed by atoms with Crippen LogP contribution in [0.1, 0.15) is 40.0 Å². The Hall–Kier alpha value is -0.700. The fourth-order valence-electron chi connectivity index (χ4n) is 2.30. The van der Waals surface area contributed by atoms with Crippen molar-refractivity contribution >= 4 is 21.8 Å². The molecular weight excluding hydrogens is 278 g/mol. The maximum atomic E-state index is 5.51. The molecule has 17 heavy (non-hydrogen) atoms. The van der Waals surface area contributed by atoms with E-state index in [4.69, 9.17) is 4.42 Å². The lowest BCUT2D eigenvalue weighted by molar-refractivity contribution is 0.422. The van der Waals surface area contributed by atoms with E-state index in [1.807, 2.05) is 12.1 Å². The quantitative estimate of drug-likeness (QED) is 0.796. The summed E-state index contributed by atoms with van der Waals surface area (Å²) >= 11 is 3.32. The van der Waals surface area contributed by atoms with Crippen LogP contribution in [0.15, 0.2) is 32.9 Å². The number of allylic oxidation sites excluding steroid dienone is 1. The molecule has 1 N–H and O–H groups in total. The van der Waals surface area contributed by atoms with Gasteiger partial charge >= 0.3 is 0 Å². The summed E-state index contributed by atoms with van der Waals surface area (Å²) in [5.74, 6) is 1.53. The normalized spacial score (nSPS) is 24.9. The van der Waals surface area contributed by atoms with Crippen LogP contribution in [0.2, 0.25) is 0 Å². The van der Waals surface area contributed by atoms with E-state index in [0.717, 1.165) is 23.4 Å². The number of rotatable bonds is 3. The minimum Gasteiger partial charge on any atom is -0.434 e. The maximum Gasteiger partial charge on any atom is 0.194 e. The van der Waals surface area contributed by atoms with Gasteiger partial charge in [0.1, 0.15) is 0 Å². The summed E-state index contributed by atoms with van der Waals surface area (Å²) in [7, 11) is 0. The number of nitrogens with one attached hydrogen (secondary N) is 1. The van der Waals surface area contributed by atoms with Gasteiger partial charge in [-0.25, -0.2) is 0 Å². The summed E-state index contributed by atoms with van der Waals surface area (Å²) in [6.07, 6.45) is 5.80. The van der Waals surface area contributed by atoms with Gasteiger partial charge in [0.25, 0.3) is 0 Å². The number of hydrogen-bond acceptors (Lipinski definition) is 2. The van der Waals surface area contributed by atoms with E-state index in [9.17, 15) is 0 Å². The van der Waals surface area contributed by atoms with Crippen LogP contribution < -0.4 is 5.32 Å². The number of hydrogen-bond donors (Lipinski definition) is 1. The zero-order valence-electron chi connectivity index (χ0n) is 10.7. The predicted molar refractivity (Wildman–Crippen MR) is 75.2 cm³/mol. The first-order chi connectivity index (χ1) is 7.98. The van der Waals surface area contributed by atoms with Crippen molar-refractivity contribution in [1.29, 1.82) is 0 Å². The molecule has 1 aromatic heterocycles. The first-order valence-electron chi connectivity index (χ1n) is 6.21. The minimum absolute atomic E-state index is 0.121. The molecule has 0 saturated heterocycles. The van der Waals surface area contributed by atoms with Crippen molar-refractivity contribution < 1.29 is 4.42 Å². The third-order valence-electron chi connectivity index (χ3n) is 3.52. The summed E-state index contributed by atoms with van der Waals surface area (Å²) in [5, 5.41) is 3.50. The van der Waals surface area contributed by atoms with Gasteiger partial charge in [-0.3, -0.25) is 0 Å². The van der Waals surface area contributed by atoms with E-state index in [2.05, 4.69) is 48.1 Å². The molecule has 1 aliphatic rings. The Kier molecular flexibility index (Phi) is 3.67. The van der Waals surface area contributed by atoms with Gasteiger partial charge in [0.05, 0.1) is 0 Å². The zero-order valence-corrected chi connectivity index (χ0v) is 12.3. The van der Waals surface area contributed by atoms with Crippen molar-refractivity contribution in [3.63, 3.8) is 0 Å². The molecule has 0 amide bonds. The number of anilines is 1. The molecule has 0 spiro atoms. The topological polar surface area (TPSA) is 25.2 Å². The van der Waals surface area contributed by atoms with Crippen molar-refractivity contribution in [3.05, 3.63) is 28.5 Å². The van der Waals surface area contributed by atoms with Crippen molar-refractivity contribution in [3.8, 4) is 0 Å². The van der Waals surface area contributed by atoms with Gasteiger partial charge in [-0.2, -0.15) is 0 Å². The molecule has 0 radical (unpaired) electrons. The smallest absolute Gasteiger partial charge is 0.194 e. The third-order valence-corrected chi connectivity index (χ3v) is 3.95. The highest BCUT2D eigenvalue weighted by atomic mass is 79.9. The molecule has 0 aromatic carbocycles. The molecule has 0 aliphatic heterocycles. The van der Waals surface area contributed by atoms with Crippen LogP contribution in [0.4, 0.5) is 5.88 Å². The van der Waals surface area contributed by atoms with Crippen molar-refractivity contribution in [1.82, 2.24) is 0 Å². The third kappa shape index (κ3) is 3.15. The molecule has 94 valence electrons. The van der Waals surface area contributed by atoms with E-state index in [1.54, 1.807) is 5.57 Å². The van der Waals surface area contributed by atoms with Gasteiger partial charge in [-0.1, -0.05) is 25.5 Å². The lowest BCUT2D eigenvalue weighted by Crippen LogP contribution is -2.36. The number of halogens is 1. The van der Waals surface area contributed by atoms with Crippen LogP contribution in [-0.2, 0) is 0 Å². The van der Waals surface area contributed by atoms with Crippen molar-refractivity contribution in [2.24, 2.45) is 5.92 Å². The Morgan fingerprint density at radius 3 is 2.65 bits per heavy atom. The van der Waals surface area contributed by atoms with Gasteiger partial charge in [0, 0.05) is 11.6 Å². The average molecular weight is 298 g/mol. The molecule has 1 heterocycles. The largest absolute Gasteiger partial charge is 0.434 e. The Bertz CT molecular complexity index is 422. The molecule has 1 atom stereocenters. The molecule has 1 aliphatic carbocycles. The number of furan rings is 1. The molecule has 1 aromatic rings. The zero-order chi connectivity index (χ0) is 12.5. The minimum atomic E-state index is 0.121. The SMILES string of the molecule is CC(C)C1=CCC(C)(Nc2ccc(Br)o2)CC1. The second-order valence-corrected chi connectivity index (χ2v) is 6.21. The fraction of sp³-hybridized carbons (Fsp3) is 0.571. The van der Waals surface area contributed by atoms with Gasteiger partial charge in [-0.15, -0.1) is 0 Å². The standard InChI is InChI=1S/C14H20BrNO/c1-10(2)11-6-8-14(3,9-7-11)16-13-5-4-12(15)17-13/h4-6,10,16H,7-9H2,1-3H3. The average Bonchev–Trinajstić information content (AvgIpc) is 2.63. The van der Waals surface area contributed by atoms with E-state index in [1.165, 1.54) is 6.42 Å². The molecular formula is C14H20BrNO. The van der Waals surface area contributed by atoms with Crippen LogP contribution in [-0.4, -0.2) is 5.54 Å². The molecule has 2 nitrogen and oxygen atoms in total. The Morgan fingerprint density at radius 1 is 1.41 bits per heavy atom. The second-order valence-electron chi connectivity index (χ2n) is 5.43. The predicted octanol–water partition coefficient (Wildman–Crippen LogP) is 4.98. The monoisotopic (exact) mass is 297 g/mol. The molecule has 0 bridgehead atoms. The summed E-state index contributed by atoms with van der Waals surface area (Å²) in [4.78, 5) is 0. The summed E-state index contributed by atoms with van der Waals surface area (Å²) in [6, 6.07) is 3.89. The first kappa shape index (κ1) is 12.7. The lowest BCUT2D eigenvalue weighted by atomic mass is 9.81. The van der Waals surface area contributed by atoms with Crippen LogP contribution in [0.3, 0.4) is 0 Å². The highest BCUT2D eigenvalue weighted by molar-refractivity contribution is 9.10. The van der Waals surface area contributed by atoms with E-state index in [0.29, 0.717) is 5.92 Å². The van der Waals surface area contributed by atoms with Gasteiger partial charge in [0.15, 0.2) is 10.6 Å². The first-order valence-corrected chi connectivity index (χ1v) is 7.00. The van der Waals surface area contributed by atoms with Crippen molar-refractivity contribution in [2.75, 3.05) is 5.32 Å². The highest BCUT2D eigenvalue weighted by Crippen LogP contribution is 2.34. The van der Waals surface area contributed by atoms with Crippen LogP contribution in [0.5, 0.6) is 0 Å². The van der Waals surface area contributed by atoms with Gasteiger partial charge in [0.2, 0.25) is 0 Å². The fourth-order valence-corrected chi connectivity index (χ4v) is 2.60. The van der Waals surface area contributed by atoms with E-state index < -0.39 is 0 Å². The summed E-state index contributed by atoms with van der Waals surface area (Å²) in [5.41, 5.74) is 1.71. The van der Waals surface area contributed by atoms with E-state index in [-0.39, 0.29) is 5.54 Å². The van der Waals surface area contributed by atoms with E-state index >= 15 is 0 Å². The van der Waals surface area contributed by atoms with Crippen LogP contribution in [0.25, 0.3) is 0 Å². The van der Waals surface area contributed by atoms with Crippen molar-refractivity contribution in [2.45, 2.75) is 45.6 Å².